The summed E-state index contributed by atoms with van der Waals surface area (Å²) in [5.41, 5.74) is 0.503. The number of urea groups is 1. The van der Waals surface area contributed by atoms with Crippen LogP contribution in [-0.4, -0.2) is 42.4 Å². The normalized spacial score (nSPS) is 12.4. The molecule has 116 valence electrons. The van der Waals surface area contributed by atoms with Crippen LogP contribution in [0.2, 0.25) is 0 Å². The summed E-state index contributed by atoms with van der Waals surface area (Å²) in [5.74, 6) is -0.846. The lowest BCUT2D eigenvalue weighted by atomic mass is 10.3. The minimum atomic E-state index is -4.80. The maximum atomic E-state index is 12.0. The van der Waals surface area contributed by atoms with Crippen LogP contribution in [0.3, 0.4) is 0 Å². The Morgan fingerprint density at radius 1 is 1.14 bits per heavy atom. The number of nitrogens with one attached hydrogen (secondary N) is 3. The molecule has 0 radical (unpaired) electrons. The summed E-state index contributed by atoms with van der Waals surface area (Å²) in [7, 11) is 0. The maximum absolute atomic E-state index is 12.0. The minimum absolute atomic E-state index is 0.503. The van der Waals surface area contributed by atoms with Gasteiger partial charge >= 0.3 is 12.2 Å². The molecule has 0 aromatic heterocycles. The first-order valence-corrected chi connectivity index (χ1v) is 5.90. The van der Waals surface area contributed by atoms with Gasteiger partial charge in [0.05, 0.1) is 13.1 Å². The van der Waals surface area contributed by atoms with Crippen molar-refractivity contribution >= 4 is 17.6 Å². The third-order valence-corrected chi connectivity index (χ3v) is 2.31. The molecule has 0 saturated heterocycles. The van der Waals surface area contributed by atoms with Crippen molar-refractivity contribution in [1.29, 1.82) is 0 Å². The Hall–Kier alpha value is -2.29. The van der Waals surface area contributed by atoms with Crippen LogP contribution in [0, 0.1) is 0 Å². The summed E-state index contributed by atoms with van der Waals surface area (Å²) in [4.78, 5) is 22.6. The van der Waals surface area contributed by atoms with Crippen molar-refractivity contribution in [3.63, 3.8) is 0 Å². The number of benzene rings is 1. The van der Waals surface area contributed by atoms with Gasteiger partial charge in [0.15, 0.2) is 6.10 Å². The number of carbonyl (C=O) groups is 2. The van der Waals surface area contributed by atoms with E-state index < -0.39 is 37.3 Å². The zero-order valence-corrected chi connectivity index (χ0v) is 10.8. The van der Waals surface area contributed by atoms with E-state index in [1.54, 1.807) is 30.3 Å². The summed E-state index contributed by atoms with van der Waals surface area (Å²) < 4.78 is 35.9. The molecule has 1 aromatic rings. The van der Waals surface area contributed by atoms with Gasteiger partial charge in [-0.15, -0.1) is 0 Å². The molecule has 1 aromatic carbocycles. The minimum Gasteiger partial charge on any atom is -0.382 e. The molecule has 0 saturated carbocycles. The van der Waals surface area contributed by atoms with Crippen molar-refractivity contribution in [2.45, 2.75) is 12.3 Å². The quantitative estimate of drug-likeness (QED) is 0.650. The van der Waals surface area contributed by atoms with E-state index in [1.165, 1.54) is 0 Å². The van der Waals surface area contributed by atoms with E-state index in [-0.39, 0.29) is 0 Å². The summed E-state index contributed by atoms with van der Waals surface area (Å²) in [6, 6.07) is 7.72. The van der Waals surface area contributed by atoms with Crippen molar-refractivity contribution in [2.75, 3.05) is 18.4 Å². The zero-order chi connectivity index (χ0) is 15.9. The van der Waals surface area contributed by atoms with Gasteiger partial charge in [0, 0.05) is 5.69 Å². The average molecular weight is 305 g/mol. The smallest absolute Gasteiger partial charge is 0.382 e. The standard InChI is InChI=1S/C12H14F3N3O3/c13-12(14,15)9(19)6-16-10(20)7-17-11(21)18-8-4-2-1-3-5-8/h1-5,9,19H,6-7H2,(H,16,20)(H2,17,18,21). The lowest BCUT2D eigenvalue weighted by molar-refractivity contribution is -0.201. The van der Waals surface area contributed by atoms with E-state index in [2.05, 4.69) is 10.6 Å². The van der Waals surface area contributed by atoms with E-state index in [1.807, 2.05) is 5.32 Å². The fourth-order valence-corrected chi connectivity index (χ4v) is 1.25. The number of alkyl halides is 3. The van der Waals surface area contributed by atoms with Crippen LogP contribution < -0.4 is 16.0 Å². The second-order valence-electron chi connectivity index (χ2n) is 4.04. The molecule has 0 spiro atoms. The van der Waals surface area contributed by atoms with Crippen LogP contribution in [0.25, 0.3) is 0 Å². The number of carbonyl (C=O) groups excluding carboxylic acids is 2. The lowest BCUT2D eigenvalue weighted by Crippen LogP contribution is -2.44. The number of aliphatic hydroxyl groups excluding tert-OH is 1. The molecule has 1 unspecified atom stereocenters. The van der Waals surface area contributed by atoms with Crippen LogP contribution >= 0.6 is 0 Å². The molecule has 3 amide bonds. The third kappa shape index (κ3) is 6.61. The fraction of sp³-hybridized carbons (Fsp3) is 0.333. The first kappa shape index (κ1) is 16.8. The lowest BCUT2D eigenvalue weighted by Gasteiger charge is -2.15. The molecule has 0 heterocycles. The van der Waals surface area contributed by atoms with Gasteiger partial charge < -0.3 is 21.1 Å². The topological polar surface area (TPSA) is 90.5 Å². The second kappa shape index (κ2) is 7.48. The van der Waals surface area contributed by atoms with Gasteiger partial charge in [0.1, 0.15) is 0 Å². The molecule has 9 heteroatoms. The number of para-hydroxylation sites is 1. The number of rotatable bonds is 5. The number of anilines is 1. The second-order valence-corrected chi connectivity index (χ2v) is 4.04. The predicted octanol–water partition coefficient (Wildman–Crippen LogP) is 0.847. The number of amides is 3. The Morgan fingerprint density at radius 3 is 2.33 bits per heavy atom. The van der Waals surface area contributed by atoms with E-state index >= 15 is 0 Å². The van der Waals surface area contributed by atoms with Crippen LogP contribution in [0.5, 0.6) is 0 Å². The molecule has 0 bridgehead atoms. The van der Waals surface area contributed by atoms with Crippen LogP contribution in [0.15, 0.2) is 30.3 Å². The highest BCUT2D eigenvalue weighted by atomic mass is 19.4. The van der Waals surface area contributed by atoms with Gasteiger partial charge in [-0.25, -0.2) is 4.79 Å². The van der Waals surface area contributed by atoms with Gasteiger partial charge in [-0.2, -0.15) is 13.2 Å². The number of hydrogen-bond acceptors (Lipinski definition) is 3. The zero-order valence-electron chi connectivity index (χ0n) is 10.8. The highest BCUT2D eigenvalue weighted by Crippen LogP contribution is 2.18. The summed E-state index contributed by atoms with van der Waals surface area (Å²) in [6.07, 6.45) is -7.44. The molecule has 1 atom stereocenters. The first-order valence-electron chi connectivity index (χ1n) is 5.90. The van der Waals surface area contributed by atoms with E-state index in [0.717, 1.165) is 0 Å². The Morgan fingerprint density at radius 2 is 1.76 bits per heavy atom. The predicted molar refractivity (Wildman–Crippen MR) is 68.5 cm³/mol. The fourth-order valence-electron chi connectivity index (χ4n) is 1.25. The van der Waals surface area contributed by atoms with Crippen LogP contribution in [0.1, 0.15) is 0 Å². The molecule has 0 aliphatic carbocycles. The van der Waals surface area contributed by atoms with E-state index in [0.29, 0.717) is 5.69 Å². The largest absolute Gasteiger partial charge is 0.416 e. The maximum Gasteiger partial charge on any atom is 0.416 e. The van der Waals surface area contributed by atoms with E-state index in [9.17, 15) is 22.8 Å². The van der Waals surface area contributed by atoms with Gasteiger partial charge in [0.2, 0.25) is 5.91 Å². The Labute approximate surface area is 118 Å². The van der Waals surface area contributed by atoms with Crippen molar-refractivity contribution in [3.05, 3.63) is 30.3 Å². The molecular formula is C12H14F3N3O3. The summed E-state index contributed by atoms with van der Waals surface area (Å²) >= 11 is 0. The Bertz CT molecular complexity index is 480. The molecule has 6 nitrogen and oxygen atoms in total. The van der Waals surface area contributed by atoms with E-state index in [4.69, 9.17) is 5.11 Å². The molecule has 0 aliphatic rings. The molecule has 4 N–H and O–H groups in total. The Balaban J connectivity index is 2.25. The highest BCUT2D eigenvalue weighted by Gasteiger charge is 2.38. The van der Waals surface area contributed by atoms with Crippen molar-refractivity contribution in [2.24, 2.45) is 0 Å². The third-order valence-electron chi connectivity index (χ3n) is 2.31. The van der Waals surface area contributed by atoms with Crippen molar-refractivity contribution in [3.8, 4) is 0 Å². The van der Waals surface area contributed by atoms with Gasteiger partial charge in [-0.1, -0.05) is 18.2 Å². The Kier molecular flexibility index (Phi) is 5.97. The molecule has 0 aliphatic heterocycles. The average Bonchev–Trinajstić information content (AvgIpc) is 2.42. The highest BCUT2D eigenvalue weighted by molar-refractivity contribution is 5.92. The monoisotopic (exact) mass is 305 g/mol. The molecule has 1 rings (SSSR count). The van der Waals surface area contributed by atoms with Crippen LogP contribution in [-0.2, 0) is 4.79 Å². The van der Waals surface area contributed by atoms with Gasteiger partial charge in [0.25, 0.3) is 0 Å². The van der Waals surface area contributed by atoms with Crippen LogP contribution in [0.4, 0.5) is 23.7 Å². The molecule has 0 fully saturated rings. The molecule has 21 heavy (non-hydrogen) atoms. The number of hydrogen-bond donors (Lipinski definition) is 4. The first-order chi connectivity index (χ1) is 9.79. The SMILES string of the molecule is O=C(CNC(=O)Nc1ccccc1)NCC(O)C(F)(F)F. The summed E-state index contributed by atoms with van der Waals surface area (Å²) in [6.45, 7) is -1.48. The van der Waals surface area contributed by atoms with Crippen molar-refractivity contribution < 1.29 is 27.9 Å². The molecular weight excluding hydrogens is 291 g/mol. The number of aliphatic hydroxyl groups is 1. The summed E-state index contributed by atoms with van der Waals surface area (Å²) in [5, 5.41) is 15.1. The van der Waals surface area contributed by atoms with Gasteiger partial charge in [-0.05, 0) is 12.1 Å². The van der Waals surface area contributed by atoms with Crippen molar-refractivity contribution in [1.82, 2.24) is 10.6 Å². The number of halogens is 3. The van der Waals surface area contributed by atoms with Gasteiger partial charge in [-0.3, -0.25) is 4.79 Å².